The largest absolute Gasteiger partial charge is 0.493 e. The number of fused-ring (bicyclic) bond motifs is 1. The maximum absolute atomic E-state index is 12.4. The van der Waals surface area contributed by atoms with Crippen LogP contribution >= 0.6 is 0 Å². The van der Waals surface area contributed by atoms with Gasteiger partial charge in [0, 0.05) is 26.1 Å². The fourth-order valence-electron chi connectivity index (χ4n) is 4.05. The summed E-state index contributed by atoms with van der Waals surface area (Å²) in [6, 6.07) is 5.53. The van der Waals surface area contributed by atoms with Crippen molar-refractivity contribution in [1.82, 2.24) is 4.90 Å². The predicted octanol–water partition coefficient (Wildman–Crippen LogP) is 3.73. The first-order chi connectivity index (χ1) is 14.3. The van der Waals surface area contributed by atoms with Gasteiger partial charge in [0.25, 0.3) is 0 Å². The van der Waals surface area contributed by atoms with Gasteiger partial charge in [-0.25, -0.2) is 4.79 Å². The van der Waals surface area contributed by atoms with Gasteiger partial charge < -0.3 is 23.8 Å². The summed E-state index contributed by atoms with van der Waals surface area (Å²) >= 11 is 0. The van der Waals surface area contributed by atoms with E-state index in [1.54, 1.807) is 32.3 Å². The van der Waals surface area contributed by atoms with Crippen molar-refractivity contribution >= 4 is 11.9 Å². The molecule has 0 unspecified atom stereocenters. The number of rotatable bonds is 7. The van der Waals surface area contributed by atoms with Gasteiger partial charge in [-0.1, -0.05) is 19.1 Å². The maximum Gasteiger partial charge on any atom is 0.414 e. The zero-order valence-electron chi connectivity index (χ0n) is 18.0. The Morgan fingerprint density at radius 3 is 2.83 bits per heavy atom. The lowest BCUT2D eigenvalue weighted by Gasteiger charge is -2.38. The van der Waals surface area contributed by atoms with Crippen molar-refractivity contribution in [2.45, 2.75) is 31.8 Å². The molecule has 1 aromatic rings. The van der Waals surface area contributed by atoms with E-state index in [0.29, 0.717) is 36.5 Å². The van der Waals surface area contributed by atoms with Crippen molar-refractivity contribution in [2.75, 3.05) is 28.0 Å². The lowest BCUT2D eigenvalue weighted by molar-refractivity contribution is -0.123. The van der Waals surface area contributed by atoms with Crippen LogP contribution in [0.3, 0.4) is 0 Å². The zero-order chi connectivity index (χ0) is 21.9. The van der Waals surface area contributed by atoms with Gasteiger partial charge in [0.1, 0.15) is 11.4 Å². The van der Waals surface area contributed by atoms with Crippen molar-refractivity contribution in [3.8, 4) is 11.5 Å². The summed E-state index contributed by atoms with van der Waals surface area (Å²) in [4.78, 5) is 25.8. The Hall–Kier alpha value is -2.80. The Kier molecular flexibility index (Phi) is 6.51. The molecule has 3 atom stereocenters. The SMILES string of the molecule is C=CC[C@H]1C[C@]2([C@@H](C)Cc3ccc(OC)c(OC(=O)N(C)C)c3)OCOC2=CC1=O. The Balaban J connectivity index is 1.85. The molecule has 0 saturated carbocycles. The van der Waals surface area contributed by atoms with Gasteiger partial charge >= 0.3 is 6.09 Å². The lowest BCUT2D eigenvalue weighted by atomic mass is 9.71. The van der Waals surface area contributed by atoms with Crippen LogP contribution in [0.25, 0.3) is 0 Å². The Labute approximate surface area is 177 Å². The Morgan fingerprint density at radius 1 is 1.40 bits per heavy atom. The molecule has 7 nitrogen and oxygen atoms in total. The van der Waals surface area contributed by atoms with E-state index in [4.69, 9.17) is 18.9 Å². The molecule has 1 aromatic carbocycles. The first-order valence-corrected chi connectivity index (χ1v) is 10.0. The minimum Gasteiger partial charge on any atom is -0.493 e. The van der Waals surface area contributed by atoms with Gasteiger partial charge in [-0.3, -0.25) is 4.79 Å². The number of benzene rings is 1. The number of methoxy groups -OCH3 is 1. The first kappa shape index (κ1) is 21.9. The summed E-state index contributed by atoms with van der Waals surface area (Å²) in [5, 5.41) is 0. The van der Waals surface area contributed by atoms with E-state index in [-0.39, 0.29) is 24.4 Å². The molecule has 0 N–H and O–H groups in total. The molecule has 1 amide bonds. The Morgan fingerprint density at radius 2 is 2.17 bits per heavy atom. The third-order valence-electron chi connectivity index (χ3n) is 5.75. The molecule has 1 heterocycles. The molecular formula is C23H29NO6. The second kappa shape index (κ2) is 8.92. The molecule has 0 spiro atoms. The number of hydrogen-bond acceptors (Lipinski definition) is 6. The van der Waals surface area contributed by atoms with Crippen LogP contribution in [0.2, 0.25) is 0 Å². The van der Waals surface area contributed by atoms with Crippen LogP contribution in [-0.4, -0.2) is 50.4 Å². The first-order valence-electron chi connectivity index (χ1n) is 10.0. The Bertz CT molecular complexity index is 861. The fourth-order valence-corrected chi connectivity index (χ4v) is 4.05. The number of hydrogen-bond donors (Lipinski definition) is 0. The molecule has 3 rings (SSSR count). The highest BCUT2D eigenvalue weighted by Gasteiger charge is 2.51. The molecule has 0 aromatic heterocycles. The molecule has 1 aliphatic carbocycles. The monoisotopic (exact) mass is 415 g/mol. The van der Waals surface area contributed by atoms with Crippen LogP contribution in [0.15, 0.2) is 42.7 Å². The van der Waals surface area contributed by atoms with Gasteiger partial charge in [0.15, 0.2) is 24.1 Å². The van der Waals surface area contributed by atoms with Crippen LogP contribution in [0.4, 0.5) is 4.79 Å². The number of nitrogens with zero attached hydrogens (tertiary/aromatic N) is 1. The van der Waals surface area contributed by atoms with Crippen molar-refractivity contribution in [2.24, 2.45) is 11.8 Å². The van der Waals surface area contributed by atoms with E-state index < -0.39 is 11.7 Å². The summed E-state index contributed by atoms with van der Waals surface area (Å²) in [5.41, 5.74) is 0.313. The van der Waals surface area contributed by atoms with E-state index in [1.165, 1.54) is 12.0 Å². The topological polar surface area (TPSA) is 74.3 Å². The summed E-state index contributed by atoms with van der Waals surface area (Å²) < 4.78 is 22.5. The fraction of sp³-hybridized carbons (Fsp3) is 0.478. The number of carbonyl (C=O) groups is 2. The number of amides is 1. The molecule has 0 bridgehead atoms. The average molecular weight is 415 g/mol. The van der Waals surface area contributed by atoms with Gasteiger partial charge in [-0.05, 0) is 42.9 Å². The minimum absolute atomic E-state index is 0.0254. The molecule has 1 fully saturated rings. The quantitative estimate of drug-likeness (QED) is 0.632. The van der Waals surface area contributed by atoms with E-state index in [2.05, 4.69) is 13.5 Å². The van der Waals surface area contributed by atoms with Crippen molar-refractivity contribution < 1.29 is 28.5 Å². The number of ether oxygens (including phenoxy) is 4. The lowest BCUT2D eigenvalue weighted by Crippen LogP contribution is -2.44. The molecule has 30 heavy (non-hydrogen) atoms. The number of carbonyl (C=O) groups excluding carboxylic acids is 2. The third-order valence-corrected chi connectivity index (χ3v) is 5.75. The number of ketones is 1. The maximum atomic E-state index is 12.4. The molecule has 1 aliphatic heterocycles. The third kappa shape index (κ3) is 4.21. The smallest absolute Gasteiger partial charge is 0.414 e. The number of allylic oxidation sites excluding steroid dienone is 2. The second-order valence-electron chi connectivity index (χ2n) is 7.99. The zero-order valence-corrected chi connectivity index (χ0v) is 18.0. The standard InChI is InChI=1S/C23H29NO6/c1-6-7-17-13-23(21(12-18(17)25)28-14-29-23)15(2)10-16-8-9-19(27-5)20(11-16)30-22(26)24(3)4/h6,8-9,11-12,15,17H,1,7,10,13-14H2,2-5H3/t15-,17-,23+/m0/s1. The van der Waals surface area contributed by atoms with Crippen LogP contribution in [0.5, 0.6) is 11.5 Å². The van der Waals surface area contributed by atoms with E-state index in [9.17, 15) is 9.59 Å². The molecular weight excluding hydrogens is 386 g/mol. The molecule has 2 aliphatic rings. The van der Waals surface area contributed by atoms with Gasteiger partial charge in [-0.2, -0.15) is 0 Å². The van der Waals surface area contributed by atoms with Crippen molar-refractivity contribution in [3.63, 3.8) is 0 Å². The second-order valence-corrected chi connectivity index (χ2v) is 7.99. The van der Waals surface area contributed by atoms with Crippen LogP contribution in [-0.2, 0) is 20.7 Å². The van der Waals surface area contributed by atoms with Gasteiger partial charge in [0.2, 0.25) is 0 Å². The molecule has 162 valence electrons. The van der Waals surface area contributed by atoms with Gasteiger partial charge in [-0.15, -0.1) is 6.58 Å². The van der Waals surface area contributed by atoms with Crippen LogP contribution in [0.1, 0.15) is 25.3 Å². The van der Waals surface area contributed by atoms with Crippen LogP contribution < -0.4 is 9.47 Å². The summed E-state index contributed by atoms with van der Waals surface area (Å²) in [7, 11) is 4.77. The van der Waals surface area contributed by atoms with E-state index in [1.807, 2.05) is 12.1 Å². The predicted molar refractivity (Wildman–Crippen MR) is 111 cm³/mol. The van der Waals surface area contributed by atoms with Gasteiger partial charge in [0.05, 0.1) is 7.11 Å². The molecule has 7 heteroatoms. The summed E-state index contributed by atoms with van der Waals surface area (Å²) in [5.74, 6) is 1.37. The molecule has 0 radical (unpaired) electrons. The highest BCUT2D eigenvalue weighted by Crippen LogP contribution is 2.46. The highest BCUT2D eigenvalue weighted by atomic mass is 16.7. The minimum atomic E-state index is -0.651. The highest BCUT2D eigenvalue weighted by molar-refractivity contribution is 5.93. The summed E-state index contributed by atoms with van der Waals surface area (Å²) in [6.07, 6.45) is 4.68. The normalized spacial score (nSPS) is 23.7. The van der Waals surface area contributed by atoms with E-state index >= 15 is 0 Å². The van der Waals surface area contributed by atoms with E-state index in [0.717, 1.165) is 5.56 Å². The summed E-state index contributed by atoms with van der Waals surface area (Å²) in [6.45, 7) is 5.99. The molecule has 1 saturated heterocycles. The van der Waals surface area contributed by atoms with Crippen molar-refractivity contribution in [1.29, 1.82) is 0 Å². The average Bonchev–Trinajstić information content (AvgIpc) is 3.12. The van der Waals surface area contributed by atoms with Crippen molar-refractivity contribution in [3.05, 3.63) is 48.3 Å². The van der Waals surface area contributed by atoms with Crippen LogP contribution in [0, 0.1) is 11.8 Å².